The summed E-state index contributed by atoms with van der Waals surface area (Å²) >= 11 is 0.502. The number of carbonyl (C=O) groups excluding carboxylic acids is 1. The summed E-state index contributed by atoms with van der Waals surface area (Å²) in [6, 6.07) is 12.7. The van der Waals surface area contributed by atoms with Crippen molar-refractivity contribution in [2.24, 2.45) is 0 Å². The molecule has 6 nitrogen and oxygen atoms in total. The highest BCUT2D eigenvalue weighted by Gasteiger charge is 2.56. The summed E-state index contributed by atoms with van der Waals surface area (Å²) < 4.78 is 66.3. The summed E-state index contributed by atoms with van der Waals surface area (Å²) in [5, 5.41) is 22.2. The molecule has 0 aliphatic heterocycles. The lowest BCUT2D eigenvalue weighted by molar-refractivity contribution is -0.263. The molecule has 0 radical (unpaired) electrons. The Kier molecular flexibility index (Phi) is 6.36. The van der Waals surface area contributed by atoms with Gasteiger partial charge in [-0.2, -0.15) is 13.2 Å². The third-order valence-electron chi connectivity index (χ3n) is 4.77. The maximum absolute atomic E-state index is 13.6. The summed E-state index contributed by atoms with van der Waals surface area (Å²) in [5.74, 6) is -1.53. The molecule has 2 atom stereocenters. The average Bonchev–Trinajstić information content (AvgIpc) is 3.22. The second-order valence-corrected chi connectivity index (χ2v) is 10.3. The smallest absolute Gasteiger partial charge is 0.419 e. The number of nitrogens with one attached hydrogen (secondary N) is 1. The van der Waals surface area contributed by atoms with Gasteiger partial charge in [0.15, 0.2) is 5.60 Å². The molecular weight excluding hydrogens is 467 g/mol. The SMILES string of the molecule is CC(O)(C(NC(=O)c1ccccc1O)c1ccc(S(=O)(=O)c2ccccc2)s1)C(F)(F)F. The third kappa shape index (κ3) is 4.50. The summed E-state index contributed by atoms with van der Waals surface area (Å²) in [6.07, 6.45) is -5.16. The van der Waals surface area contributed by atoms with Gasteiger partial charge in [0.2, 0.25) is 9.84 Å². The Balaban J connectivity index is 2.04. The number of phenols is 1. The summed E-state index contributed by atoms with van der Waals surface area (Å²) in [4.78, 5) is 12.3. The lowest BCUT2D eigenvalue weighted by Gasteiger charge is -2.34. The van der Waals surface area contributed by atoms with Crippen molar-refractivity contribution in [3.63, 3.8) is 0 Å². The van der Waals surface area contributed by atoms with E-state index in [1.54, 1.807) is 6.07 Å². The molecule has 0 aliphatic carbocycles. The minimum atomic E-state index is -5.16. The lowest BCUT2D eigenvalue weighted by Crippen LogP contribution is -2.53. The Bertz CT molecular complexity index is 1220. The molecule has 0 bridgehead atoms. The zero-order valence-electron chi connectivity index (χ0n) is 16.5. The number of aromatic hydroxyl groups is 1. The van der Waals surface area contributed by atoms with Crippen LogP contribution in [0.2, 0.25) is 0 Å². The van der Waals surface area contributed by atoms with Gasteiger partial charge in [-0.25, -0.2) is 8.42 Å². The molecule has 3 aromatic rings. The molecule has 0 saturated heterocycles. The van der Waals surface area contributed by atoms with E-state index in [2.05, 4.69) is 5.32 Å². The van der Waals surface area contributed by atoms with Crippen LogP contribution in [0, 0.1) is 0 Å². The predicted molar refractivity (Wildman–Crippen MR) is 111 cm³/mol. The van der Waals surface area contributed by atoms with Gasteiger partial charge in [-0.15, -0.1) is 11.3 Å². The number of amides is 1. The molecule has 2 aromatic carbocycles. The van der Waals surface area contributed by atoms with Gasteiger partial charge in [-0.3, -0.25) is 4.79 Å². The van der Waals surface area contributed by atoms with E-state index in [0.717, 1.165) is 12.1 Å². The molecule has 0 spiro atoms. The fraction of sp³-hybridized carbons (Fsp3) is 0.190. The third-order valence-corrected chi connectivity index (χ3v) is 8.18. The standard InChI is InChI=1S/C21H18F3NO5S2/c1-20(28,21(22,23)24)18(25-19(27)14-9-5-6-10-15(14)26)16-11-12-17(31-16)32(29,30)13-7-3-2-4-8-13/h2-12,18,26,28H,1H3,(H,25,27). The van der Waals surface area contributed by atoms with Gasteiger partial charge in [0.1, 0.15) is 16.0 Å². The van der Waals surface area contributed by atoms with Gasteiger partial charge in [0, 0.05) is 4.88 Å². The number of phenolic OH excluding ortho intramolecular Hbond substituents is 1. The van der Waals surface area contributed by atoms with Crippen molar-refractivity contribution in [2.75, 3.05) is 0 Å². The van der Waals surface area contributed by atoms with E-state index < -0.39 is 39.3 Å². The maximum atomic E-state index is 13.6. The largest absolute Gasteiger partial charge is 0.507 e. The number of para-hydroxylation sites is 1. The highest BCUT2D eigenvalue weighted by molar-refractivity contribution is 7.93. The molecule has 11 heteroatoms. The minimum Gasteiger partial charge on any atom is -0.507 e. The van der Waals surface area contributed by atoms with Crippen molar-refractivity contribution < 1.29 is 36.6 Å². The second-order valence-electron chi connectivity index (χ2n) is 7.04. The summed E-state index contributed by atoms with van der Waals surface area (Å²) in [6.45, 7) is 0.480. The molecule has 1 aromatic heterocycles. The van der Waals surface area contributed by atoms with Gasteiger partial charge < -0.3 is 15.5 Å². The lowest BCUT2D eigenvalue weighted by atomic mass is 9.93. The van der Waals surface area contributed by atoms with Gasteiger partial charge in [0.25, 0.3) is 5.91 Å². The van der Waals surface area contributed by atoms with Crippen LogP contribution in [0.4, 0.5) is 13.2 Å². The van der Waals surface area contributed by atoms with Crippen molar-refractivity contribution in [3.8, 4) is 5.75 Å². The second kappa shape index (κ2) is 8.57. The minimum absolute atomic E-state index is 0.0502. The molecule has 3 N–H and O–H groups in total. The number of carbonyl (C=O) groups is 1. The van der Waals surface area contributed by atoms with Crippen LogP contribution in [0.25, 0.3) is 0 Å². The summed E-state index contributed by atoms with van der Waals surface area (Å²) in [5.41, 5.74) is -3.74. The number of rotatable bonds is 6. The topological polar surface area (TPSA) is 104 Å². The number of sulfone groups is 1. The van der Waals surface area contributed by atoms with Crippen LogP contribution in [0.15, 0.2) is 75.8 Å². The van der Waals surface area contributed by atoms with Crippen LogP contribution in [0.1, 0.15) is 28.2 Å². The van der Waals surface area contributed by atoms with E-state index in [9.17, 15) is 36.6 Å². The van der Waals surface area contributed by atoms with E-state index in [4.69, 9.17) is 0 Å². The zero-order valence-corrected chi connectivity index (χ0v) is 18.1. The zero-order chi connectivity index (χ0) is 23.7. The van der Waals surface area contributed by atoms with Crippen LogP contribution in [0.5, 0.6) is 5.75 Å². The van der Waals surface area contributed by atoms with Crippen LogP contribution < -0.4 is 5.32 Å². The molecule has 2 unspecified atom stereocenters. The van der Waals surface area contributed by atoms with Crippen molar-refractivity contribution >= 4 is 27.1 Å². The first-order valence-corrected chi connectivity index (χ1v) is 11.4. The number of hydrogen-bond donors (Lipinski definition) is 3. The normalized spacial score (nSPS) is 15.0. The molecule has 32 heavy (non-hydrogen) atoms. The Hall–Kier alpha value is -2.89. The van der Waals surface area contributed by atoms with E-state index >= 15 is 0 Å². The monoisotopic (exact) mass is 485 g/mol. The fourth-order valence-electron chi connectivity index (χ4n) is 2.88. The number of benzene rings is 2. The van der Waals surface area contributed by atoms with Crippen molar-refractivity contribution in [3.05, 3.63) is 77.2 Å². The molecule has 3 rings (SSSR count). The van der Waals surface area contributed by atoms with Gasteiger partial charge in [-0.1, -0.05) is 30.3 Å². The molecule has 0 aliphatic rings. The van der Waals surface area contributed by atoms with Crippen LogP contribution >= 0.6 is 11.3 Å². The average molecular weight is 486 g/mol. The van der Waals surface area contributed by atoms with Crippen LogP contribution in [-0.4, -0.2) is 36.3 Å². The van der Waals surface area contributed by atoms with Crippen molar-refractivity contribution in [1.29, 1.82) is 0 Å². The van der Waals surface area contributed by atoms with Gasteiger partial charge in [-0.05, 0) is 43.3 Å². The Morgan fingerprint density at radius 1 is 1.00 bits per heavy atom. The molecular formula is C21H18F3NO5S2. The number of thiophene rings is 1. The number of aliphatic hydroxyl groups is 1. The number of alkyl halides is 3. The Labute approximate surface area is 185 Å². The van der Waals surface area contributed by atoms with Gasteiger partial charge in [0.05, 0.1) is 10.5 Å². The first-order chi connectivity index (χ1) is 14.9. The van der Waals surface area contributed by atoms with E-state index in [-0.39, 0.29) is 19.5 Å². The number of halogens is 3. The molecule has 0 saturated carbocycles. The molecule has 0 fully saturated rings. The van der Waals surface area contributed by atoms with Crippen molar-refractivity contribution in [2.45, 2.75) is 33.8 Å². The highest BCUT2D eigenvalue weighted by Crippen LogP contribution is 2.43. The first kappa shape index (κ1) is 23.8. The first-order valence-electron chi connectivity index (χ1n) is 9.13. The number of hydrogen-bond acceptors (Lipinski definition) is 6. The maximum Gasteiger partial charge on any atom is 0.419 e. The quantitative estimate of drug-likeness (QED) is 0.488. The van der Waals surface area contributed by atoms with Crippen LogP contribution in [-0.2, 0) is 9.84 Å². The molecule has 170 valence electrons. The molecule has 1 amide bonds. The Morgan fingerprint density at radius 3 is 2.19 bits per heavy atom. The Morgan fingerprint density at radius 2 is 1.59 bits per heavy atom. The van der Waals surface area contributed by atoms with Crippen LogP contribution in [0.3, 0.4) is 0 Å². The van der Waals surface area contributed by atoms with E-state index in [1.165, 1.54) is 48.5 Å². The van der Waals surface area contributed by atoms with E-state index in [0.29, 0.717) is 18.3 Å². The van der Waals surface area contributed by atoms with Crippen molar-refractivity contribution in [1.82, 2.24) is 5.32 Å². The van der Waals surface area contributed by atoms with Gasteiger partial charge >= 0.3 is 6.18 Å². The highest BCUT2D eigenvalue weighted by atomic mass is 32.2. The predicted octanol–water partition coefficient (Wildman–Crippen LogP) is 4.07. The fourth-order valence-corrected chi connectivity index (χ4v) is 5.80. The molecule has 1 heterocycles. The summed E-state index contributed by atoms with van der Waals surface area (Å²) in [7, 11) is -4.02. The van der Waals surface area contributed by atoms with E-state index in [1.807, 2.05) is 0 Å².